The predicted octanol–water partition coefficient (Wildman–Crippen LogP) is 2.57. The van der Waals surface area contributed by atoms with Gasteiger partial charge < -0.3 is 9.47 Å². The topological polar surface area (TPSA) is 82.1 Å². The lowest BCUT2D eigenvalue weighted by atomic mass is 10.2. The van der Waals surface area contributed by atoms with E-state index in [1.807, 2.05) is 30.3 Å². The van der Waals surface area contributed by atoms with Crippen LogP contribution in [0.1, 0.15) is 5.56 Å². The Morgan fingerprint density at radius 3 is 2.46 bits per heavy atom. The molecule has 1 heterocycles. The molecular weight excluding hydrogens is 358 g/mol. The molecule has 0 aromatic heterocycles. The molecule has 138 valence electrons. The Labute approximate surface area is 152 Å². The fourth-order valence-electron chi connectivity index (χ4n) is 2.48. The monoisotopic (exact) mass is 377 g/mol. The van der Waals surface area contributed by atoms with Crippen LogP contribution in [0.2, 0.25) is 0 Å². The van der Waals surface area contributed by atoms with Gasteiger partial charge in [0.15, 0.2) is 0 Å². The van der Waals surface area contributed by atoms with Crippen LogP contribution in [0.25, 0.3) is 0 Å². The summed E-state index contributed by atoms with van der Waals surface area (Å²) < 4.78 is 37.6. The van der Waals surface area contributed by atoms with Gasteiger partial charge in [0.25, 0.3) is 10.1 Å². The smallest absolute Gasteiger partial charge is 0.414 e. The summed E-state index contributed by atoms with van der Waals surface area (Å²) in [6.07, 6.45) is -0.216. The van der Waals surface area contributed by atoms with E-state index in [1.54, 1.807) is 24.3 Å². The number of cyclic esters (lactones) is 1. The Kier molecular flexibility index (Phi) is 5.43. The molecule has 2 aromatic rings. The molecule has 0 spiro atoms. The van der Waals surface area contributed by atoms with Gasteiger partial charge in [-0.05, 0) is 29.8 Å². The maximum atomic E-state index is 12.0. The van der Waals surface area contributed by atoms with Crippen LogP contribution in [-0.2, 0) is 25.6 Å². The van der Waals surface area contributed by atoms with E-state index in [0.717, 1.165) is 11.8 Å². The SMILES string of the molecule is CS(=O)(=O)OCC1CN(c2ccc(OCc3ccccc3)cc2)C(=O)O1. The third-order valence-electron chi connectivity index (χ3n) is 3.74. The number of hydrogen-bond donors (Lipinski definition) is 0. The maximum absolute atomic E-state index is 12.0. The molecule has 0 aliphatic carbocycles. The van der Waals surface area contributed by atoms with Crippen molar-refractivity contribution in [3.63, 3.8) is 0 Å². The second kappa shape index (κ2) is 7.76. The van der Waals surface area contributed by atoms with Crippen LogP contribution in [-0.4, -0.2) is 40.0 Å². The van der Waals surface area contributed by atoms with E-state index in [2.05, 4.69) is 4.18 Å². The minimum absolute atomic E-state index is 0.195. The quantitative estimate of drug-likeness (QED) is 0.690. The zero-order valence-corrected chi connectivity index (χ0v) is 15.0. The Morgan fingerprint density at radius 2 is 1.81 bits per heavy atom. The van der Waals surface area contributed by atoms with Crippen LogP contribution < -0.4 is 9.64 Å². The summed E-state index contributed by atoms with van der Waals surface area (Å²) in [5, 5.41) is 0. The molecule has 0 saturated carbocycles. The summed E-state index contributed by atoms with van der Waals surface area (Å²) in [6, 6.07) is 16.8. The van der Waals surface area contributed by atoms with Crippen LogP contribution in [0.5, 0.6) is 5.75 Å². The molecule has 7 nitrogen and oxygen atoms in total. The van der Waals surface area contributed by atoms with Gasteiger partial charge in [-0.2, -0.15) is 8.42 Å². The van der Waals surface area contributed by atoms with E-state index in [4.69, 9.17) is 9.47 Å². The Hall–Kier alpha value is -2.58. The molecule has 2 aromatic carbocycles. The van der Waals surface area contributed by atoms with Crippen LogP contribution in [0.3, 0.4) is 0 Å². The molecule has 1 fully saturated rings. The highest BCUT2D eigenvalue weighted by molar-refractivity contribution is 7.85. The van der Waals surface area contributed by atoms with Crippen LogP contribution in [0.4, 0.5) is 10.5 Å². The van der Waals surface area contributed by atoms with Crippen molar-refractivity contribution >= 4 is 21.9 Å². The summed E-state index contributed by atoms with van der Waals surface area (Å²) >= 11 is 0. The normalized spacial score (nSPS) is 17.2. The number of carbonyl (C=O) groups is 1. The van der Waals surface area contributed by atoms with E-state index >= 15 is 0 Å². The fraction of sp³-hybridized carbons (Fsp3) is 0.278. The van der Waals surface area contributed by atoms with Crippen molar-refractivity contribution in [2.24, 2.45) is 0 Å². The Bertz CT molecular complexity index is 851. The van der Waals surface area contributed by atoms with E-state index in [9.17, 15) is 13.2 Å². The Morgan fingerprint density at radius 1 is 1.12 bits per heavy atom. The molecular formula is C18H19NO6S. The van der Waals surface area contributed by atoms with Gasteiger partial charge in [0.05, 0.1) is 12.8 Å². The number of rotatable bonds is 7. The molecule has 3 rings (SSSR count). The van der Waals surface area contributed by atoms with E-state index in [-0.39, 0.29) is 13.2 Å². The number of carbonyl (C=O) groups excluding carboxylic acids is 1. The van der Waals surface area contributed by atoms with Gasteiger partial charge in [-0.15, -0.1) is 0 Å². The van der Waals surface area contributed by atoms with Gasteiger partial charge in [-0.1, -0.05) is 30.3 Å². The summed E-state index contributed by atoms with van der Waals surface area (Å²) in [5.74, 6) is 0.683. The molecule has 1 amide bonds. The molecule has 26 heavy (non-hydrogen) atoms. The average Bonchev–Trinajstić information content (AvgIpc) is 3.00. The summed E-state index contributed by atoms with van der Waals surface area (Å²) in [5.41, 5.74) is 1.71. The number of amides is 1. The van der Waals surface area contributed by atoms with Crippen molar-refractivity contribution in [1.29, 1.82) is 0 Å². The zero-order chi connectivity index (χ0) is 18.6. The van der Waals surface area contributed by atoms with Gasteiger partial charge >= 0.3 is 6.09 Å². The summed E-state index contributed by atoms with van der Waals surface area (Å²) in [4.78, 5) is 13.4. The molecule has 1 unspecified atom stereocenters. The maximum Gasteiger partial charge on any atom is 0.414 e. The highest BCUT2D eigenvalue weighted by Gasteiger charge is 2.33. The first-order valence-corrected chi connectivity index (χ1v) is 9.82. The first-order valence-electron chi connectivity index (χ1n) is 8.00. The Balaban J connectivity index is 1.57. The average molecular weight is 377 g/mol. The highest BCUT2D eigenvalue weighted by Crippen LogP contribution is 2.25. The molecule has 1 saturated heterocycles. The molecule has 1 aliphatic heterocycles. The van der Waals surface area contributed by atoms with Crippen molar-refractivity contribution in [3.8, 4) is 5.75 Å². The number of anilines is 1. The molecule has 0 bridgehead atoms. The second-order valence-corrected chi connectivity index (χ2v) is 7.52. The van der Waals surface area contributed by atoms with Crippen LogP contribution >= 0.6 is 0 Å². The van der Waals surface area contributed by atoms with Crippen molar-refractivity contribution in [2.45, 2.75) is 12.7 Å². The minimum Gasteiger partial charge on any atom is -0.489 e. The van der Waals surface area contributed by atoms with E-state index < -0.39 is 22.3 Å². The summed E-state index contributed by atoms with van der Waals surface area (Å²) in [7, 11) is -3.57. The molecule has 0 N–H and O–H groups in total. The van der Waals surface area contributed by atoms with Crippen molar-refractivity contribution in [1.82, 2.24) is 0 Å². The minimum atomic E-state index is -3.57. The largest absolute Gasteiger partial charge is 0.489 e. The van der Waals surface area contributed by atoms with Crippen LogP contribution in [0.15, 0.2) is 54.6 Å². The first kappa shape index (κ1) is 18.2. The van der Waals surface area contributed by atoms with Crippen LogP contribution in [0, 0.1) is 0 Å². The van der Waals surface area contributed by atoms with Gasteiger partial charge in [0.2, 0.25) is 0 Å². The third-order valence-corrected chi connectivity index (χ3v) is 4.30. The lowest BCUT2D eigenvalue weighted by Gasteiger charge is -2.14. The van der Waals surface area contributed by atoms with Gasteiger partial charge in [-0.3, -0.25) is 9.08 Å². The number of benzene rings is 2. The van der Waals surface area contributed by atoms with Crippen molar-refractivity contribution in [2.75, 3.05) is 24.3 Å². The second-order valence-electron chi connectivity index (χ2n) is 5.87. The molecule has 1 aliphatic rings. The van der Waals surface area contributed by atoms with Crippen molar-refractivity contribution < 1.29 is 26.9 Å². The number of ether oxygens (including phenoxy) is 2. The van der Waals surface area contributed by atoms with E-state index in [1.165, 1.54) is 4.90 Å². The van der Waals surface area contributed by atoms with Gasteiger partial charge in [-0.25, -0.2) is 4.79 Å². The molecule has 8 heteroatoms. The van der Waals surface area contributed by atoms with Crippen molar-refractivity contribution in [3.05, 3.63) is 60.2 Å². The van der Waals surface area contributed by atoms with E-state index in [0.29, 0.717) is 18.0 Å². The fourth-order valence-corrected chi connectivity index (χ4v) is 2.88. The third kappa shape index (κ3) is 4.96. The van der Waals surface area contributed by atoms with Gasteiger partial charge in [0.1, 0.15) is 25.1 Å². The highest BCUT2D eigenvalue weighted by atomic mass is 32.2. The number of nitrogens with zero attached hydrogens (tertiary/aromatic N) is 1. The van der Waals surface area contributed by atoms with Gasteiger partial charge in [0, 0.05) is 5.69 Å². The summed E-state index contributed by atoms with van der Waals surface area (Å²) in [6.45, 7) is 0.481. The molecule has 0 radical (unpaired) electrons. The first-order chi connectivity index (χ1) is 12.4. The zero-order valence-electron chi connectivity index (χ0n) is 14.2. The lowest BCUT2D eigenvalue weighted by molar-refractivity contribution is 0.107. The number of hydrogen-bond acceptors (Lipinski definition) is 6. The molecule has 1 atom stereocenters. The predicted molar refractivity (Wildman–Crippen MR) is 95.6 cm³/mol. The lowest BCUT2D eigenvalue weighted by Crippen LogP contribution is -2.26. The standard InChI is InChI=1S/C18H19NO6S/c1-26(21,22)24-13-17-11-19(18(20)25-17)15-7-9-16(10-8-15)23-12-14-5-3-2-4-6-14/h2-10,17H,11-13H2,1H3.